The second-order valence-electron chi connectivity index (χ2n) is 8.11. The molecular formula is C15H34O4Si2. The molecule has 4 nitrogen and oxygen atoms in total. The van der Waals surface area contributed by atoms with Crippen molar-refractivity contribution in [3.8, 4) is 0 Å². The third-order valence-electron chi connectivity index (χ3n) is 3.06. The fourth-order valence-corrected chi connectivity index (χ4v) is 3.29. The van der Waals surface area contributed by atoms with Gasteiger partial charge in [0.05, 0.1) is 12.0 Å². The Labute approximate surface area is 132 Å². The highest BCUT2D eigenvalue weighted by atomic mass is 28.4. The molecular weight excluding hydrogens is 300 g/mol. The minimum absolute atomic E-state index is 0.165. The number of hydrogen-bond acceptors (Lipinski definition) is 4. The standard InChI is InChI=1S/C15H34O4Si2/c1-10-15(2,3)14(16)17-11-13(19-21(7,8)9)12-18-20(4,5)6/h13H,10-12H2,1-9H3. The normalized spacial score (nSPS) is 14.9. The Bertz CT molecular complexity index is 330. The molecule has 0 bridgehead atoms. The number of carbonyl (C=O) groups is 1. The first-order valence-electron chi connectivity index (χ1n) is 7.76. The molecule has 0 aromatic heterocycles. The summed E-state index contributed by atoms with van der Waals surface area (Å²) in [6.07, 6.45) is 0.594. The van der Waals surface area contributed by atoms with Crippen molar-refractivity contribution in [2.24, 2.45) is 5.41 Å². The monoisotopic (exact) mass is 334 g/mol. The van der Waals surface area contributed by atoms with E-state index in [1.807, 2.05) is 20.8 Å². The Kier molecular flexibility index (Phi) is 7.83. The van der Waals surface area contributed by atoms with Crippen molar-refractivity contribution < 1.29 is 18.4 Å². The van der Waals surface area contributed by atoms with E-state index in [-0.39, 0.29) is 18.7 Å². The highest BCUT2D eigenvalue weighted by molar-refractivity contribution is 6.70. The van der Waals surface area contributed by atoms with Crippen LogP contribution in [-0.2, 0) is 18.4 Å². The van der Waals surface area contributed by atoms with Crippen LogP contribution in [0.25, 0.3) is 0 Å². The van der Waals surface area contributed by atoms with Gasteiger partial charge >= 0.3 is 5.97 Å². The predicted molar refractivity (Wildman–Crippen MR) is 92.5 cm³/mol. The Morgan fingerprint density at radius 2 is 1.52 bits per heavy atom. The molecule has 0 amide bonds. The molecule has 0 aromatic carbocycles. The van der Waals surface area contributed by atoms with Crippen molar-refractivity contribution in [3.05, 3.63) is 0 Å². The zero-order valence-corrected chi connectivity index (χ0v) is 17.3. The van der Waals surface area contributed by atoms with Gasteiger partial charge < -0.3 is 13.6 Å². The predicted octanol–water partition coefficient (Wildman–Crippen LogP) is 4.04. The minimum Gasteiger partial charge on any atom is -0.462 e. The van der Waals surface area contributed by atoms with Crippen LogP contribution in [0.1, 0.15) is 27.2 Å². The molecule has 0 rings (SSSR count). The van der Waals surface area contributed by atoms with Crippen LogP contribution < -0.4 is 0 Å². The van der Waals surface area contributed by atoms with Gasteiger partial charge in [0.15, 0.2) is 16.6 Å². The molecule has 6 heteroatoms. The first kappa shape index (κ1) is 20.8. The van der Waals surface area contributed by atoms with Crippen LogP contribution >= 0.6 is 0 Å². The summed E-state index contributed by atoms with van der Waals surface area (Å²) in [4.78, 5) is 12.1. The molecule has 0 N–H and O–H groups in total. The number of rotatable bonds is 9. The summed E-state index contributed by atoms with van der Waals surface area (Å²) in [7, 11) is -3.30. The van der Waals surface area contributed by atoms with Gasteiger partial charge in [-0.3, -0.25) is 4.79 Å². The van der Waals surface area contributed by atoms with E-state index in [1.165, 1.54) is 0 Å². The summed E-state index contributed by atoms with van der Waals surface area (Å²) in [6, 6.07) is 0. The second kappa shape index (κ2) is 7.90. The molecule has 0 spiro atoms. The van der Waals surface area contributed by atoms with Crippen molar-refractivity contribution in [3.63, 3.8) is 0 Å². The maximum absolute atomic E-state index is 12.1. The Morgan fingerprint density at radius 1 is 1.00 bits per heavy atom. The molecule has 0 saturated heterocycles. The van der Waals surface area contributed by atoms with Gasteiger partial charge in [-0.25, -0.2) is 0 Å². The van der Waals surface area contributed by atoms with E-state index in [0.29, 0.717) is 6.61 Å². The van der Waals surface area contributed by atoms with Gasteiger partial charge in [0.25, 0.3) is 0 Å². The van der Waals surface area contributed by atoms with Crippen LogP contribution in [0.4, 0.5) is 0 Å². The first-order chi connectivity index (χ1) is 9.27. The fourth-order valence-electron chi connectivity index (χ4n) is 1.47. The van der Waals surface area contributed by atoms with Crippen molar-refractivity contribution in [1.29, 1.82) is 0 Å². The number of hydrogen-bond donors (Lipinski definition) is 0. The largest absolute Gasteiger partial charge is 0.462 e. The summed E-state index contributed by atoms with van der Waals surface area (Å²) in [5.41, 5.74) is -0.441. The summed E-state index contributed by atoms with van der Waals surface area (Å²) < 4.78 is 17.5. The van der Waals surface area contributed by atoms with Crippen molar-refractivity contribution >= 4 is 22.6 Å². The summed E-state index contributed by atoms with van der Waals surface area (Å²) >= 11 is 0. The van der Waals surface area contributed by atoms with Crippen LogP contribution in [0, 0.1) is 5.41 Å². The molecule has 0 aromatic rings. The molecule has 21 heavy (non-hydrogen) atoms. The van der Waals surface area contributed by atoms with E-state index < -0.39 is 22.0 Å². The lowest BCUT2D eigenvalue weighted by Crippen LogP contribution is -2.41. The summed E-state index contributed by atoms with van der Waals surface area (Å²) in [6.45, 7) is 19.4. The number of ether oxygens (including phenoxy) is 1. The Balaban J connectivity index is 4.58. The number of esters is 1. The van der Waals surface area contributed by atoms with Crippen LogP contribution in [0.3, 0.4) is 0 Å². The molecule has 0 heterocycles. The van der Waals surface area contributed by atoms with Crippen molar-refractivity contribution in [2.45, 2.75) is 72.6 Å². The highest BCUT2D eigenvalue weighted by Crippen LogP contribution is 2.22. The van der Waals surface area contributed by atoms with Gasteiger partial charge in [0, 0.05) is 0 Å². The molecule has 126 valence electrons. The molecule has 0 fully saturated rings. The average Bonchev–Trinajstić information content (AvgIpc) is 2.29. The van der Waals surface area contributed by atoms with Gasteiger partial charge in [-0.2, -0.15) is 0 Å². The lowest BCUT2D eigenvalue weighted by Gasteiger charge is -2.30. The van der Waals surface area contributed by atoms with Crippen molar-refractivity contribution in [2.75, 3.05) is 13.2 Å². The smallest absolute Gasteiger partial charge is 0.311 e. The molecule has 0 saturated carbocycles. The number of carbonyl (C=O) groups excluding carboxylic acids is 1. The van der Waals surface area contributed by atoms with Gasteiger partial charge in [-0.05, 0) is 59.6 Å². The minimum atomic E-state index is -1.70. The van der Waals surface area contributed by atoms with Crippen LogP contribution in [0.15, 0.2) is 0 Å². The highest BCUT2D eigenvalue weighted by Gasteiger charge is 2.30. The molecule has 0 aliphatic carbocycles. The molecule has 0 aliphatic heterocycles. The second-order valence-corrected chi connectivity index (χ2v) is 17.1. The van der Waals surface area contributed by atoms with E-state index in [2.05, 4.69) is 39.3 Å². The van der Waals surface area contributed by atoms with E-state index in [1.54, 1.807) is 0 Å². The maximum atomic E-state index is 12.1. The Morgan fingerprint density at radius 3 is 1.90 bits per heavy atom. The summed E-state index contributed by atoms with van der Waals surface area (Å²) in [5, 5.41) is 0. The third kappa shape index (κ3) is 10.2. The SMILES string of the molecule is CCC(C)(C)C(=O)OCC(CO[Si](C)(C)C)O[Si](C)(C)C. The lowest BCUT2D eigenvalue weighted by atomic mass is 9.91. The fraction of sp³-hybridized carbons (Fsp3) is 0.933. The Hall–Kier alpha value is -0.176. The molecule has 0 radical (unpaired) electrons. The topological polar surface area (TPSA) is 44.8 Å². The lowest BCUT2D eigenvalue weighted by molar-refractivity contribution is -0.157. The van der Waals surface area contributed by atoms with E-state index >= 15 is 0 Å². The zero-order chi connectivity index (χ0) is 16.9. The summed E-state index contributed by atoms with van der Waals surface area (Å²) in [5.74, 6) is -0.165. The molecule has 0 aliphatic rings. The molecule has 1 unspecified atom stereocenters. The van der Waals surface area contributed by atoms with Crippen molar-refractivity contribution in [1.82, 2.24) is 0 Å². The third-order valence-corrected chi connectivity index (χ3v) is 5.13. The van der Waals surface area contributed by atoms with Crippen LogP contribution in [-0.4, -0.2) is 41.9 Å². The van der Waals surface area contributed by atoms with Crippen LogP contribution in [0.5, 0.6) is 0 Å². The van der Waals surface area contributed by atoms with E-state index in [9.17, 15) is 4.79 Å². The maximum Gasteiger partial charge on any atom is 0.311 e. The first-order valence-corrected chi connectivity index (χ1v) is 14.6. The molecule has 1 atom stereocenters. The van der Waals surface area contributed by atoms with E-state index in [0.717, 1.165) is 6.42 Å². The average molecular weight is 335 g/mol. The van der Waals surface area contributed by atoms with Gasteiger partial charge in [0.1, 0.15) is 12.7 Å². The van der Waals surface area contributed by atoms with E-state index in [4.69, 9.17) is 13.6 Å². The van der Waals surface area contributed by atoms with Gasteiger partial charge in [-0.15, -0.1) is 0 Å². The quantitative estimate of drug-likeness (QED) is 0.471. The zero-order valence-electron chi connectivity index (χ0n) is 15.3. The van der Waals surface area contributed by atoms with Gasteiger partial charge in [0.2, 0.25) is 0 Å². The van der Waals surface area contributed by atoms with Gasteiger partial charge in [-0.1, -0.05) is 6.92 Å². The van der Waals surface area contributed by atoms with Crippen LogP contribution in [0.2, 0.25) is 39.3 Å².